The third-order valence-corrected chi connectivity index (χ3v) is 2.15. The van der Waals surface area contributed by atoms with E-state index in [2.05, 4.69) is 11.6 Å². The zero-order valence-corrected chi connectivity index (χ0v) is 12.5. The van der Waals surface area contributed by atoms with E-state index >= 15 is 0 Å². The monoisotopic (exact) mass is 325 g/mol. The van der Waals surface area contributed by atoms with Crippen molar-refractivity contribution in [1.82, 2.24) is 0 Å². The summed E-state index contributed by atoms with van der Waals surface area (Å²) in [6.45, 7) is 5.96. The van der Waals surface area contributed by atoms with Crippen molar-refractivity contribution in [3.63, 3.8) is 0 Å². The van der Waals surface area contributed by atoms with E-state index in [-0.39, 0.29) is 24.9 Å². The summed E-state index contributed by atoms with van der Waals surface area (Å²) >= 11 is 0. The molecule has 0 rings (SSSR count). The highest BCUT2D eigenvalue weighted by molar-refractivity contribution is 5.89. The largest absolute Gasteiger partial charge is 0.475 e. The smallest absolute Gasteiger partial charge is 0.412 e. The van der Waals surface area contributed by atoms with Crippen molar-refractivity contribution in [3.8, 4) is 0 Å². The summed E-state index contributed by atoms with van der Waals surface area (Å²) in [4.78, 5) is 3.60. The molecule has 0 aromatic rings. The molecule has 4 N–H and O–H groups in total. The molecule has 22 heavy (non-hydrogen) atoms. The first-order valence-corrected chi connectivity index (χ1v) is 6.54. The maximum absolute atomic E-state index is 12.5. The lowest BCUT2D eigenvalue weighted by Gasteiger charge is -2.10. The van der Waals surface area contributed by atoms with Crippen LogP contribution < -0.4 is 11.5 Å². The number of rotatable bonds is 10. The standard InChI is InChI=1S/C13H22F3N3O3/c1-10(13(14,15)16)9-12(19-11(2)18)22-8-7-21-6-5-20-4-3-17/h9H,2-8,17-18H2,1H3/b10-9+,19-12+. The highest BCUT2D eigenvalue weighted by atomic mass is 19.4. The average Bonchev–Trinajstić information content (AvgIpc) is 2.39. The topological polar surface area (TPSA) is 92.1 Å². The Morgan fingerprint density at radius 3 is 2.18 bits per heavy atom. The van der Waals surface area contributed by atoms with Crippen LogP contribution in [0.4, 0.5) is 13.2 Å². The summed E-state index contributed by atoms with van der Waals surface area (Å²) in [6, 6.07) is 0. The molecule has 0 aliphatic carbocycles. The predicted octanol–water partition coefficient (Wildman–Crippen LogP) is 1.33. The van der Waals surface area contributed by atoms with Gasteiger partial charge in [0.05, 0.1) is 26.4 Å². The van der Waals surface area contributed by atoms with Gasteiger partial charge in [-0.05, 0) is 6.92 Å². The molecule has 0 amide bonds. The zero-order valence-electron chi connectivity index (χ0n) is 12.5. The van der Waals surface area contributed by atoms with Crippen LogP contribution in [0.3, 0.4) is 0 Å². The lowest BCUT2D eigenvalue weighted by molar-refractivity contribution is -0.0913. The number of hydrogen-bond acceptors (Lipinski definition) is 6. The van der Waals surface area contributed by atoms with Gasteiger partial charge in [-0.25, -0.2) is 0 Å². The van der Waals surface area contributed by atoms with Crippen molar-refractivity contribution in [2.45, 2.75) is 13.1 Å². The molecule has 0 aliphatic rings. The number of allylic oxidation sites excluding steroid dienone is 1. The molecular weight excluding hydrogens is 303 g/mol. The second kappa shape index (κ2) is 11.0. The third kappa shape index (κ3) is 11.1. The van der Waals surface area contributed by atoms with Crippen molar-refractivity contribution < 1.29 is 27.4 Å². The average molecular weight is 325 g/mol. The molecule has 0 saturated carbocycles. The second-order valence-corrected chi connectivity index (χ2v) is 4.13. The van der Waals surface area contributed by atoms with Gasteiger partial charge < -0.3 is 25.7 Å². The number of aliphatic imine (C=N–C) groups is 1. The molecule has 0 radical (unpaired) electrons. The maximum Gasteiger partial charge on any atom is 0.412 e. The van der Waals surface area contributed by atoms with Crippen molar-refractivity contribution in [3.05, 3.63) is 24.0 Å². The van der Waals surface area contributed by atoms with Gasteiger partial charge in [-0.3, -0.25) is 0 Å². The highest BCUT2D eigenvalue weighted by Gasteiger charge is 2.30. The molecular formula is C13H22F3N3O3. The molecule has 0 bridgehead atoms. The first-order valence-electron chi connectivity index (χ1n) is 6.54. The molecule has 0 aromatic heterocycles. The Morgan fingerprint density at radius 2 is 1.68 bits per heavy atom. The number of nitrogens with zero attached hydrogens (tertiary/aromatic N) is 1. The van der Waals surface area contributed by atoms with E-state index in [1.54, 1.807) is 0 Å². The Bertz CT molecular complexity index is 396. The van der Waals surface area contributed by atoms with Crippen LogP contribution in [-0.4, -0.2) is 51.7 Å². The number of ether oxygens (including phenoxy) is 3. The van der Waals surface area contributed by atoms with Crippen LogP contribution in [0.15, 0.2) is 29.0 Å². The minimum atomic E-state index is -4.46. The van der Waals surface area contributed by atoms with Crippen LogP contribution in [0.25, 0.3) is 0 Å². The molecule has 0 aromatic carbocycles. The van der Waals surface area contributed by atoms with E-state index in [1.165, 1.54) is 0 Å². The lowest BCUT2D eigenvalue weighted by atomic mass is 10.3. The van der Waals surface area contributed by atoms with E-state index in [9.17, 15) is 13.2 Å². The van der Waals surface area contributed by atoms with Crippen molar-refractivity contribution in [1.29, 1.82) is 0 Å². The van der Waals surface area contributed by atoms with Crippen LogP contribution in [-0.2, 0) is 14.2 Å². The van der Waals surface area contributed by atoms with Crippen LogP contribution in [0, 0.1) is 0 Å². The SMILES string of the molecule is C=C(N)/N=C(\C=C(/C)C(F)(F)F)OCCOCCOCCN. The minimum Gasteiger partial charge on any atom is -0.475 e. The van der Waals surface area contributed by atoms with E-state index in [1.807, 2.05) is 0 Å². The van der Waals surface area contributed by atoms with Gasteiger partial charge >= 0.3 is 6.18 Å². The first-order chi connectivity index (χ1) is 10.3. The Labute approximate surface area is 127 Å². The van der Waals surface area contributed by atoms with Gasteiger partial charge in [-0.15, -0.1) is 0 Å². The van der Waals surface area contributed by atoms with E-state index in [4.69, 9.17) is 25.7 Å². The van der Waals surface area contributed by atoms with E-state index in [0.29, 0.717) is 26.4 Å². The van der Waals surface area contributed by atoms with E-state index in [0.717, 1.165) is 13.0 Å². The summed E-state index contributed by atoms with van der Waals surface area (Å²) in [5.74, 6) is -0.428. The summed E-state index contributed by atoms with van der Waals surface area (Å²) in [5.41, 5.74) is 9.62. The van der Waals surface area contributed by atoms with Gasteiger partial charge in [-0.1, -0.05) is 6.58 Å². The molecule has 0 aliphatic heterocycles. The fraction of sp³-hybridized carbons (Fsp3) is 0.615. The first kappa shape index (κ1) is 20.4. The van der Waals surface area contributed by atoms with Gasteiger partial charge in [0.2, 0.25) is 5.90 Å². The van der Waals surface area contributed by atoms with Crippen LogP contribution in [0.5, 0.6) is 0 Å². The van der Waals surface area contributed by atoms with Gasteiger partial charge in [-0.2, -0.15) is 18.2 Å². The Kier molecular flexibility index (Phi) is 10.3. The van der Waals surface area contributed by atoms with Crippen molar-refractivity contribution >= 4 is 5.90 Å². The lowest BCUT2D eigenvalue weighted by Crippen LogP contribution is -2.16. The van der Waals surface area contributed by atoms with Gasteiger partial charge in [0.15, 0.2) is 0 Å². The van der Waals surface area contributed by atoms with Crippen molar-refractivity contribution in [2.24, 2.45) is 16.5 Å². The Morgan fingerprint density at radius 1 is 1.14 bits per heavy atom. The quantitative estimate of drug-likeness (QED) is 0.359. The normalized spacial score (nSPS) is 13.3. The summed E-state index contributed by atoms with van der Waals surface area (Å²) in [6.07, 6.45) is -3.71. The van der Waals surface area contributed by atoms with Gasteiger partial charge in [0.25, 0.3) is 0 Å². The summed E-state index contributed by atoms with van der Waals surface area (Å²) in [7, 11) is 0. The van der Waals surface area contributed by atoms with Crippen LogP contribution in [0.2, 0.25) is 0 Å². The number of alkyl halides is 3. The Hall–Kier alpha value is -1.58. The summed E-state index contributed by atoms with van der Waals surface area (Å²) in [5, 5.41) is 0. The summed E-state index contributed by atoms with van der Waals surface area (Å²) < 4.78 is 52.7. The van der Waals surface area contributed by atoms with Crippen molar-refractivity contribution in [2.75, 3.05) is 39.6 Å². The fourth-order valence-electron chi connectivity index (χ4n) is 1.13. The molecule has 0 spiro atoms. The van der Waals surface area contributed by atoms with Crippen LogP contribution in [0.1, 0.15) is 6.92 Å². The molecule has 128 valence electrons. The van der Waals surface area contributed by atoms with E-state index < -0.39 is 11.7 Å². The molecule has 0 heterocycles. The number of nitrogens with two attached hydrogens (primary N) is 2. The molecule has 0 atom stereocenters. The maximum atomic E-state index is 12.5. The molecule has 6 nitrogen and oxygen atoms in total. The molecule has 0 fully saturated rings. The van der Waals surface area contributed by atoms with Gasteiger partial charge in [0.1, 0.15) is 12.4 Å². The molecule has 0 unspecified atom stereocenters. The molecule has 9 heteroatoms. The number of hydrogen-bond donors (Lipinski definition) is 2. The minimum absolute atomic E-state index is 0.0185. The number of halogens is 3. The fourth-order valence-corrected chi connectivity index (χ4v) is 1.13. The predicted molar refractivity (Wildman–Crippen MR) is 77.2 cm³/mol. The Balaban J connectivity index is 4.22. The highest BCUT2D eigenvalue weighted by Crippen LogP contribution is 2.24. The van der Waals surface area contributed by atoms with Crippen LogP contribution >= 0.6 is 0 Å². The third-order valence-electron chi connectivity index (χ3n) is 2.15. The molecule has 0 saturated heterocycles. The second-order valence-electron chi connectivity index (χ2n) is 4.13. The van der Waals surface area contributed by atoms with Gasteiger partial charge in [0, 0.05) is 18.2 Å². The zero-order chi connectivity index (χ0) is 17.0.